The number of anilines is 1. The highest BCUT2D eigenvalue weighted by molar-refractivity contribution is 7.97. The molecular formula is C17H20N3O4S-. The van der Waals surface area contributed by atoms with Gasteiger partial charge in [-0.1, -0.05) is 0 Å². The summed E-state index contributed by atoms with van der Waals surface area (Å²) in [5.74, 6) is 1.50. The van der Waals surface area contributed by atoms with E-state index in [2.05, 4.69) is 9.98 Å². The van der Waals surface area contributed by atoms with Crippen LogP contribution in [0.15, 0.2) is 29.4 Å². The van der Waals surface area contributed by atoms with Crippen molar-refractivity contribution in [2.45, 2.75) is 19.6 Å². The number of hydrogen-bond acceptors (Lipinski definition) is 7. The molecule has 0 aliphatic carbocycles. The molecule has 1 unspecified atom stereocenters. The van der Waals surface area contributed by atoms with E-state index >= 15 is 0 Å². The van der Waals surface area contributed by atoms with Gasteiger partial charge >= 0.3 is 0 Å². The lowest BCUT2D eigenvalue weighted by atomic mass is 10.1. The first-order chi connectivity index (χ1) is 12.0. The monoisotopic (exact) mass is 362 g/mol. The van der Waals surface area contributed by atoms with Crippen LogP contribution in [0.25, 0.3) is 0 Å². The number of rotatable bonds is 7. The molecule has 0 aliphatic rings. The quantitative estimate of drug-likeness (QED) is 0.461. The number of aryl methyl sites for hydroxylation is 1. The van der Waals surface area contributed by atoms with Gasteiger partial charge in [-0.25, -0.2) is 4.99 Å². The first-order valence-corrected chi connectivity index (χ1v) is 8.85. The summed E-state index contributed by atoms with van der Waals surface area (Å²) in [4.78, 5) is 8.47. The van der Waals surface area contributed by atoms with Gasteiger partial charge in [-0.15, -0.1) is 0 Å². The smallest absolute Gasteiger partial charge is 0.128 e. The van der Waals surface area contributed by atoms with Gasteiger partial charge in [0.25, 0.3) is 0 Å². The van der Waals surface area contributed by atoms with E-state index in [0.717, 1.165) is 16.9 Å². The highest BCUT2D eigenvalue weighted by Gasteiger charge is 2.11. The summed E-state index contributed by atoms with van der Waals surface area (Å²) in [6.07, 6.45) is 1.69. The summed E-state index contributed by atoms with van der Waals surface area (Å²) in [6, 6.07) is 4.78. The summed E-state index contributed by atoms with van der Waals surface area (Å²) < 4.78 is 22.8. The molecule has 0 saturated carbocycles. The van der Waals surface area contributed by atoms with Crippen LogP contribution in [0.5, 0.6) is 11.5 Å². The van der Waals surface area contributed by atoms with E-state index in [0.29, 0.717) is 17.1 Å². The fourth-order valence-electron chi connectivity index (χ4n) is 2.34. The minimum absolute atomic E-state index is 0.204. The molecule has 0 aliphatic heterocycles. The second-order valence-corrected chi connectivity index (χ2v) is 6.55. The van der Waals surface area contributed by atoms with E-state index in [9.17, 15) is 9.42 Å². The van der Waals surface area contributed by atoms with Crippen molar-refractivity contribution in [2.24, 2.45) is 4.99 Å². The third-order valence-corrected chi connectivity index (χ3v) is 4.55. The van der Waals surface area contributed by atoms with Crippen LogP contribution in [-0.2, 0) is 16.6 Å². The molecule has 1 aromatic carbocycles. The maximum absolute atomic E-state index is 12.3. The maximum atomic E-state index is 12.3. The summed E-state index contributed by atoms with van der Waals surface area (Å²) in [5, 5.41) is 11.0. The zero-order chi connectivity index (χ0) is 18.4. The Morgan fingerprint density at radius 2 is 2.08 bits per heavy atom. The number of aliphatic imine (C=N–C) groups is 1. The third kappa shape index (κ3) is 4.55. The number of aromatic nitrogens is 1. The Morgan fingerprint density at radius 3 is 2.72 bits per heavy atom. The Kier molecular flexibility index (Phi) is 6.49. The largest absolute Gasteiger partial charge is 0.761 e. The van der Waals surface area contributed by atoms with Gasteiger partial charge in [0.2, 0.25) is 0 Å². The predicted molar refractivity (Wildman–Crippen MR) is 100 cm³/mol. The van der Waals surface area contributed by atoms with Gasteiger partial charge in [0.05, 0.1) is 47.7 Å². The van der Waals surface area contributed by atoms with Crippen molar-refractivity contribution >= 4 is 27.7 Å². The van der Waals surface area contributed by atoms with Gasteiger partial charge in [0.1, 0.15) is 11.5 Å². The molecule has 25 heavy (non-hydrogen) atoms. The molecular weight excluding hydrogens is 342 g/mol. The molecule has 134 valence electrons. The lowest BCUT2D eigenvalue weighted by Crippen LogP contribution is -2.04. The normalized spacial score (nSPS) is 12.2. The molecule has 0 bridgehead atoms. The van der Waals surface area contributed by atoms with Gasteiger partial charge in [-0.2, -0.15) is 0 Å². The van der Waals surface area contributed by atoms with Crippen LogP contribution in [0.3, 0.4) is 0 Å². The Bertz CT molecular complexity index is 809. The molecule has 8 heteroatoms. The van der Waals surface area contributed by atoms with E-state index in [4.69, 9.17) is 9.47 Å². The first kappa shape index (κ1) is 18.9. The Morgan fingerprint density at radius 1 is 1.32 bits per heavy atom. The number of nitrogens with one attached hydrogen (secondary N) is 1. The number of pyridine rings is 1. The number of nitrogens with zero attached hydrogens (tertiary/aromatic N) is 2. The van der Waals surface area contributed by atoms with E-state index in [1.54, 1.807) is 37.0 Å². The molecule has 7 nitrogen and oxygen atoms in total. The highest BCUT2D eigenvalue weighted by Crippen LogP contribution is 2.29. The summed E-state index contributed by atoms with van der Waals surface area (Å²) in [7, 11) is 1.72. The van der Waals surface area contributed by atoms with Crippen LogP contribution < -0.4 is 15.0 Å². The maximum Gasteiger partial charge on any atom is 0.128 e. The molecule has 0 radical (unpaired) electrons. The van der Waals surface area contributed by atoms with Crippen LogP contribution in [0.1, 0.15) is 16.8 Å². The van der Waals surface area contributed by atoms with Crippen molar-refractivity contribution in [3.05, 3.63) is 46.4 Å². The van der Waals surface area contributed by atoms with E-state index < -0.39 is 10.8 Å². The van der Waals surface area contributed by atoms with Crippen LogP contribution in [0, 0.1) is 19.1 Å². The topological polar surface area (TPSA) is 95.9 Å². The standard InChI is InChI=1S/C17H20N3O4S/c1-11-8-18-16(12(2)17(11)24-4)9-25(22)10-19-15-7-13(23-3)5-6-14(15)20-21/h5-8,10,20H,9H2,1-4H3/q-1. The Balaban J connectivity index is 2.19. The average Bonchev–Trinajstić information content (AvgIpc) is 2.62. The lowest BCUT2D eigenvalue weighted by Gasteiger charge is -2.13. The predicted octanol–water partition coefficient (Wildman–Crippen LogP) is 3.23. The fourth-order valence-corrected chi connectivity index (χ4v) is 3.20. The third-order valence-electron chi connectivity index (χ3n) is 3.65. The van der Waals surface area contributed by atoms with Crippen LogP contribution in [-0.4, -0.2) is 29.0 Å². The summed E-state index contributed by atoms with van der Waals surface area (Å²) in [6.45, 7) is 3.78. The SMILES string of the molecule is COc1ccc(N[O-])c(N=CS(=O)Cc2ncc(C)c(OC)c2C)c1. The summed E-state index contributed by atoms with van der Waals surface area (Å²) in [5.41, 5.74) is 6.19. The zero-order valence-electron chi connectivity index (χ0n) is 14.5. The average molecular weight is 362 g/mol. The van der Waals surface area contributed by atoms with Crippen molar-refractivity contribution in [1.29, 1.82) is 0 Å². The van der Waals surface area contributed by atoms with E-state index in [1.165, 1.54) is 12.7 Å². The van der Waals surface area contributed by atoms with Crippen molar-refractivity contribution in [2.75, 3.05) is 19.7 Å². The second kappa shape index (κ2) is 8.59. The van der Waals surface area contributed by atoms with Crippen LogP contribution in [0.2, 0.25) is 0 Å². The number of benzene rings is 1. The molecule has 0 saturated heterocycles. The van der Waals surface area contributed by atoms with Gasteiger partial charge in [0.15, 0.2) is 0 Å². The molecule has 2 rings (SSSR count). The first-order valence-electron chi connectivity index (χ1n) is 7.46. The number of ether oxygens (including phenoxy) is 2. The molecule has 1 heterocycles. The highest BCUT2D eigenvalue weighted by atomic mass is 32.2. The van der Waals surface area contributed by atoms with Crippen molar-refractivity contribution in [3.63, 3.8) is 0 Å². The molecule has 0 fully saturated rings. The molecule has 1 atom stereocenters. The lowest BCUT2D eigenvalue weighted by molar-refractivity contribution is 0.407. The van der Waals surface area contributed by atoms with Gasteiger partial charge in [-0.3, -0.25) is 9.19 Å². The Labute approximate surface area is 149 Å². The zero-order valence-corrected chi connectivity index (χ0v) is 15.3. The van der Waals surface area contributed by atoms with Crippen molar-refractivity contribution in [3.8, 4) is 11.5 Å². The van der Waals surface area contributed by atoms with E-state index in [-0.39, 0.29) is 11.4 Å². The van der Waals surface area contributed by atoms with E-state index in [1.807, 2.05) is 13.8 Å². The van der Waals surface area contributed by atoms with Crippen LogP contribution in [0.4, 0.5) is 11.4 Å². The molecule has 2 aromatic rings. The van der Waals surface area contributed by atoms with Crippen molar-refractivity contribution in [1.82, 2.24) is 4.98 Å². The minimum atomic E-state index is -1.40. The second-order valence-electron chi connectivity index (χ2n) is 5.29. The molecule has 1 N–H and O–H groups in total. The summed E-state index contributed by atoms with van der Waals surface area (Å²) >= 11 is 0. The molecule has 0 spiro atoms. The minimum Gasteiger partial charge on any atom is -0.761 e. The Hall–Kier alpha value is -2.45. The molecule has 1 aromatic heterocycles. The number of hydrogen-bond donors (Lipinski definition) is 1. The molecule has 0 amide bonds. The van der Waals surface area contributed by atoms with Gasteiger partial charge in [0, 0.05) is 29.1 Å². The number of methoxy groups -OCH3 is 2. The van der Waals surface area contributed by atoms with Crippen molar-refractivity contribution < 1.29 is 13.7 Å². The van der Waals surface area contributed by atoms with Crippen LogP contribution >= 0.6 is 0 Å². The van der Waals surface area contributed by atoms with Gasteiger partial charge < -0.3 is 20.2 Å². The fraction of sp³-hybridized carbons (Fsp3) is 0.294. The van der Waals surface area contributed by atoms with Gasteiger partial charge in [-0.05, 0) is 26.0 Å².